The van der Waals surface area contributed by atoms with E-state index in [1.807, 2.05) is 0 Å². The second-order valence-electron chi connectivity index (χ2n) is 4.79. The van der Waals surface area contributed by atoms with Crippen LogP contribution in [0.5, 0.6) is 0 Å². The van der Waals surface area contributed by atoms with Gasteiger partial charge in [-0.2, -0.15) is 0 Å². The van der Waals surface area contributed by atoms with Gasteiger partial charge in [-0.05, 0) is 31.4 Å². The summed E-state index contributed by atoms with van der Waals surface area (Å²) in [5, 5.41) is 0.947. The Labute approximate surface area is 96.1 Å². The zero-order chi connectivity index (χ0) is 12.2. The molecular weight excluding hydrogens is 223 g/mol. The van der Waals surface area contributed by atoms with Gasteiger partial charge in [0.1, 0.15) is 6.17 Å². The number of nitrogens with zero attached hydrogens (tertiary/aromatic N) is 1. The maximum absolute atomic E-state index is 13.4. The number of alkyl halides is 1. The first kappa shape index (κ1) is 10.5. The summed E-state index contributed by atoms with van der Waals surface area (Å²) < 4.78 is 15.0. The highest BCUT2D eigenvalue weighted by atomic mass is 19.1. The molecule has 17 heavy (non-hydrogen) atoms. The maximum Gasteiger partial charge on any atom is 0.329 e. The minimum atomic E-state index is -1.13. The molecule has 90 valence electrons. The lowest BCUT2D eigenvalue weighted by molar-refractivity contribution is 0.421. The topological polar surface area (TPSA) is 54.9 Å². The fourth-order valence-electron chi connectivity index (χ4n) is 2.46. The molecule has 1 atom stereocenters. The van der Waals surface area contributed by atoms with Gasteiger partial charge < -0.3 is 0 Å². The van der Waals surface area contributed by atoms with E-state index >= 15 is 0 Å². The van der Waals surface area contributed by atoms with Crippen LogP contribution in [0.3, 0.4) is 0 Å². The molecule has 0 saturated heterocycles. The maximum atomic E-state index is 13.4. The molecule has 1 fully saturated rings. The Morgan fingerprint density at radius 3 is 2.76 bits per heavy atom. The lowest BCUT2D eigenvalue weighted by Gasteiger charge is -2.14. The molecule has 1 aromatic heterocycles. The minimum Gasteiger partial charge on any atom is -0.290 e. The van der Waals surface area contributed by atoms with Gasteiger partial charge in [0.25, 0.3) is 5.56 Å². The molecular formula is C12H13FN2O2. The van der Waals surface area contributed by atoms with Gasteiger partial charge >= 0.3 is 5.69 Å². The van der Waals surface area contributed by atoms with Crippen LogP contribution in [0.25, 0.3) is 11.6 Å². The molecule has 1 saturated carbocycles. The van der Waals surface area contributed by atoms with E-state index in [1.165, 1.54) is 6.08 Å². The number of H-pyrrole nitrogens is 1. The van der Waals surface area contributed by atoms with Crippen molar-refractivity contribution in [3.8, 4) is 0 Å². The van der Waals surface area contributed by atoms with E-state index in [0.717, 1.165) is 18.4 Å². The Morgan fingerprint density at radius 1 is 1.41 bits per heavy atom. The Balaban J connectivity index is 2.53. The molecule has 0 bridgehead atoms. The third kappa shape index (κ3) is 1.57. The highest BCUT2D eigenvalue weighted by Gasteiger charge is 2.27. The van der Waals surface area contributed by atoms with Gasteiger partial charge in [0.05, 0.1) is 10.6 Å². The Morgan fingerprint density at radius 2 is 2.12 bits per heavy atom. The average molecular weight is 236 g/mol. The number of aromatic amines is 1. The van der Waals surface area contributed by atoms with Crippen molar-refractivity contribution < 1.29 is 4.39 Å². The zero-order valence-corrected chi connectivity index (χ0v) is 9.50. The molecule has 1 aromatic rings. The molecule has 0 aromatic carbocycles. The standard InChI is InChI=1S/C12H13FN2O2/c1-6-4-7(13)5-9-10(6)15(8-2-3-8)12(17)14-11(9)16/h5,7-8H,2-4H2,1H3,(H,14,16,17). The quantitative estimate of drug-likeness (QED) is 0.719. The lowest BCUT2D eigenvalue weighted by Crippen LogP contribution is -2.56. The second kappa shape index (κ2) is 3.42. The largest absolute Gasteiger partial charge is 0.329 e. The summed E-state index contributed by atoms with van der Waals surface area (Å²) >= 11 is 0. The highest BCUT2D eigenvalue weighted by molar-refractivity contribution is 5.49. The van der Waals surface area contributed by atoms with E-state index in [2.05, 4.69) is 4.98 Å². The fourth-order valence-corrected chi connectivity index (χ4v) is 2.46. The first-order valence-electron chi connectivity index (χ1n) is 5.78. The average Bonchev–Trinajstić information content (AvgIpc) is 3.03. The normalized spacial score (nSPS) is 23.2. The van der Waals surface area contributed by atoms with Crippen molar-refractivity contribution in [1.82, 2.24) is 9.55 Å². The molecule has 5 heteroatoms. The summed E-state index contributed by atoms with van der Waals surface area (Å²) in [6.07, 6.45) is 2.35. The molecule has 1 unspecified atom stereocenters. The molecule has 0 amide bonds. The van der Waals surface area contributed by atoms with E-state index in [0.29, 0.717) is 10.6 Å². The van der Waals surface area contributed by atoms with Crippen molar-refractivity contribution in [2.75, 3.05) is 0 Å². The molecule has 0 spiro atoms. The molecule has 2 aliphatic carbocycles. The van der Waals surface area contributed by atoms with E-state index in [4.69, 9.17) is 0 Å². The summed E-state index contributed by atoms with van der Waals surface area (Å²) in [7, 11) is 0. The van der Waals surface area contributed by atoms with Gasteiger partial charge in [-0.1, -0.05) is 0 Å². The molecule has 3 rings (SSSR count). The van der Waals surface area contributed by atoms with Gasteiger partial charge in [0.2, 0.25) is 0 Å². The Hall–Kier alpha value is -1.65. The molecule has 0 aliphatic heterocycles. The van der Waals surface area contributed by atoms with E-state index < -0.39 is 11.7 Å². The van der Waals surface area contributed by atoms with Crippen LogP contribution in [0.2, 0.25) is 0 Å². The predicted molar refractivity (Wildman–Crippen MR) is 61.9 cm³/mol. The number of hydrogen-bond donors (Lipinski definition) is 1. The number of nitrogens with one attached hydrogen (secondary N) is 1. The van der Waals surface area contributed by atoms with Gasteiger partial charge in [-0.3, -0.25) is 14.3 Å². The van der Waals surface area contributed by atoms with E-state index in [1.54, 1.807) is 11.5 Å². The SMILES string of the molecule is CC1=c2c(c(=O)[nH]c(=O)n2C2CC2)=CC(F)C1. The monoisotopic (exact) mass is 236 g/mol. The van der Waals surface area contributed by atoms with E-state index in [9.17, 15) is 14.0 Å². The van der Waals surface area contributed by atoms with Crippen LogP contribution in [0, 0.1) is 0 Å². The van der Waals surface area contributed by atoms with Crippen molar-refractivity contribution in [2.24, 2.45) is 0 Å². The van der Waals surface area contributed by atoms with Crippen LogP contribution in [-0.4, -0.2) is 15.7 Å². The smallest absolute Gasteiger partial charge is 0.290 e. The van der Waals surface area contributed by atoms with Crippen molar-refractivity contribution in [2.45, 2.75) is 38.4 Å². The molecule has 0 radical (unpaired) electrons. The van der Waals surface area contributed by atoms with Crippen LogP contribution < -0.4 is 21.8 Å². The van der Waals surface area contributed by atoms with Crippen LogP contribution in [0.15, 0.2) is 9.59 Å². The van der Waals surface area contributed by atoms with Crippen LogP contribution in [0.4, 0.5) is 4.39 Å². The summed E-state index contributed by atoms with van der Waals surface area (Å²) in [6, 6.07) is 0.174. The molecule has 2 aliphatic rings. The second-order valence-corrected chi connectivity index (χ2v) is 4.79. The molecule has 1 N–H and O–H groups in total. The number of fused-ring (bicyclic) bond motifs is 1. The predicted octanol–water partition coefficient (Wildman–Crippen LogP) is -0.436. The van der Waals surface area contributed by atoms with Crippen molar-refractivity contribution >= 4 is 11.6 Å². The first-order chi connectivity index (χ1) is 8.08. The van der Waals surface area contributed by atoms with Crippen LogP contribution in [-0.2, 0) is 0 Å². The number of aromatic nitrogens is 2. The van der Waals surface area contributed by atoms with Crippen molar-refractivity contribution in [3.63, 3.8) is 0 Å². The third-order valence-corrected chi connectivity index (χ3v) is 3.34. The van der Waals surface area contributed by atoms with Gasteiger partial charge in [-0.25, -0.2) is 9.18 Å². The van der Waals surface area contributed by atoms with Crippen LogP contribution >= 0.6 is 0 Å². The number of halogens is 1. The van der Waals surface area contributed by atoms with Crippen molar-refractivity contribution in [3.05, 3.63) is 31.4 Å². The number of hydrogen-bond acceptors (Lipinski definition) is 2. The molecule has 4 nitrogen and oxygen atoms in total. The Kier molecular flexibility index (Phi) is 2.11. The Bertz CT molecular complexity index is 709. The summed E-state index contributed by atoms with van der Waals surface area (Å²) in [5.41, 5.74) is -0.0741. The van der Waals surface area contributed by atoms with E-state index in [-0.39, 0.29) is 18.2 Å². The van der Waals surface area contributed by atoms with Crippen molar-refractivity contribution in [1.29, 1.82) is 0 Å². The summed E-state index contributed by atoms with van der Waals surface area (Å²) in [4.78, 5) is 25.8. The summed E-state index contributed by atoms with van der Waals surface area (Å²) in [6.45, 7) is 1.79. The van der Waals surface area contributed by atoms with Gasteiger partial charge in [-0.15, -0.1) is 0 Å². The highest BCUT2D eigenvalue weighted by Crippen LogP contribution is 2.32. The lowest BCUT2D eigenvalue weighted by atomic mass is 10.0. The van der Waals surface area contributed by atoms with Gasteiger partial charge in [0.15, 0.2) is 0 Å². The first-order valence-corrected chi connectivity index (χ1v) is 5.78. The van der Waals surface area contributed by atoms with Crippen LogP contribution in [0.1, 0.15) is 32.2 Å². The fraction of sp³-hybridized carbons (Fsp3) is 0.500. The minimum absolute atomic E-state index is 0.174. The number of rotatable bonds is 1. The van der Waals surface area contributed by atoms with Gasteiger partial charge in [0, 0.05) is 12.5 Å². The molecule has 1 heterocycles. The summed E-state index contributed by atoms with van der Waals surface area (Å²) in [5.74, 6) is 0. The zero-order valence-electron chi connectivity index (χ0n) is 9.50. The third-order valence-electron chi connectivity index (χ3n) is 3.34.